The lowest BCUT2D eigenvalue weighted by molar-refractivity contribution is 0.0848. The van der Waals surface area contributed by atoms with Crippen LogP contribution in [0.1, 0.15) is 42.5 Å². The van der Waals surface area contributed by atoms with Crippen LogP contribution in [0.4, 0.5) is 0 Å². The Morgan fingerprint density at radius 1 is 1.16 bits per heavy atom. The average molecular weight is 259 g/mol. The first-order chi connectivity index (χ1) is 9.20. The van der Waals surface area contributed by atoms with Gasteiger partial charge in [0.25, 0.3) is 5.91 Å². The average Bonchev–Trinajstić information content (AvgIpc) is 2.47. The molecule has 1 aromatic rings. The molecule has 19 heavy (non-hydrogen) atoms. The van der Waals surface area contributed by atoms with E-state index < -0.39 is 0 Å². The van der Waals surface area contributed by atoms with Crippen molar-refractivity contribution in [3.05, 3.63) is 41.6 Å². The summed E-state index contributed by atoms with van der Waals surface area (Å²) in [5, 5.41) is 0. The first kappa shape index (κ1) is 13.7. The van der Waals surface area contributed by atoms with Crippen LogP contribution in [0.25, 0.3) is 0 Å². The van der Waals surface area contributed by atoms with Gasteiger partial charge in [-0.15, -0.1) is 0 Å². The van der Waals surface area contributed by atoms with Gasteiger partial charge in [-0.25, -0.2) is 0 Å². The second kappa shape index (κ2) is 6.41. The molecule has 0 saturated heterocycles. The summed E-state index contributed by atoms with van der Waals surface area (Å²) in [5.41, 5.74) is 2.08. The summed E-state index contributed by atoms with van der Waals surface area (Å²) in [4.78, 5) is 14.0. The summed E-state index contributed by atoms with van der Waals surface area (Å²) in [6.07, 6.45) is 8.06. The Labute approximate surface area is 114 Å². The predicted molar refractivity (Wildman–Crippen MR) is 76.3 cm³/mol. The Balaban J connectivity index is 2.05. The highest BCUT2D eigenvalue weighted by atomic mass is 16.5. The zero-order valence-electron chi connectivity index (χ0n) is 11.7. The molecule has 1 aliphatic carbocycles. The van der Waals surface area contributed by atoms with E-state index in [1.165, 1.54) is 24.8 Å². The van der Waals surface area contributed by atoms with Crippen LogP contribution in [0.15, 0.2) is 36.0 Å². The molecule has 0 atom stereocenters. The van der Waals surface area contributed by atoms with Crippen molar-refractivity contribution in [1.82, 2.24) is 4.90 Å². The van der Waals surface area contributed by atoms with Gasteiger partial charge in [0.2, 0.25) is 0 Å². The number of carbonyl (C=O) groups is 1. The van der Waals surface area contributed by atoms with Crippen molar-refractivity contribution in [2.24, 2.45) is 0 Å². The van der Waals surface area contributed by atoms with Crippen molar-refractivity contribution in [1.29, 1.82) is 0 Å². The third-order valence-corrected chi connectivity index (χ3v) is 3.53. The predicted octanol–water partition coefficient (Wildman–Crippen LogP) is 3.62. The topological polar surface area (TPSA) is 29.5 Å². The van der Waals surface area contributed by atoms with Crippen LogP contribution in [0.5, 0.6) is 5.75 Å². The van der Waals surface area contributed by atoms with E-state index in [0.717, 1.165) is 18.6 Å². The van der Waals surface area contributed by atoms with E-state index in [0.29, 0.717) is 5.56 Å². The zero-order chi connectivity index (χ0) is 13.7. The standard InChI is InChI=1S/C16H21NO2/c1-17(12-13-6-4-3-5-7-13)16(18)14-8-10-15(19-2)11-9-14/h8-12H,3-7H2,1-2H3. The van der Waals surface area contributed by atoms with Crippen molar-refractivity contribution >= 4 is 5.91 Å². The molecule has 0 spiro atoms. The van der Waals surface area contributed by atoms with E-state index in [1.54, 1.807) is 24.1 Å². The van der Waals surface area contributed by atoms with Gasteiger partial charge in [-0.05, 0) is 49.9 Å². The van der Waals surface area contributed by atoms with Gasteiger partial charge in [-0.2, -0.15) is 0 Å². The highest BCUT2D eigenvalue weighted by Gasteiger charge is 2.12. The van der Waals surface area contributed by atoms with E-state index in [2.05, 4.69) is 0 Å². The molecule has 1 fully saturated rings. The molecule has 3 heteroatoms. The van der Waals surface area contributed by atoms with Gasteiger partial charge in [0.1, 0.15) is 5.75 Å². The van der Waals surface area contributed by atoms with Gasteiger partial charge in [0.15, 0.2) is 0 Å². The molecule has 1 aromatic carbocycles. The first-order valence-electron chi connectivity index (χ1n) is 6.81. The maximum atomic E-state index is 12.3. The lowest BCUT2D eigenvalue weighted by Crippen LogP contribution is -2.21. The Hall–Kier alpha value is -1.77. The lowest BCUT2D eigenvalue weighted by Gasteiger charge is -2.18. The molecule has 1 saturated carbocycles. The largest absolute Gasteiger partial charge is 0.497 e. The van der Waals surface area contributed by atoms with Crippen LogP contribution >= 0.6 is 0 Å². The molecule has 3 nitrogen and oxygen atoms in total. The monoisotopic (exact) mass is 259 g/mol. The summed E-state index contributed by atoms with van der Waals surface area (Å²) in [6.45, 7) is 0. The summed E-state index contributed by atoms with van der Waals surface area (Å²) >= 11 is 0. The van der Waals surface area contributed by atoms with E-state index in [-0.39, 0.29) is 5.91 Å². The number of nitrogens with zero attached hydrogens (tertiary/aromatic N) is 1. The summed E-state index contributed by atoms with van der Waals surface area (Å²) < 4.78 is 5.09. The van der Waals surface area contributed by atoms with Gasteiger partial charge in [-0.3, -0.25) is 4.79 Å². The number of hydrogen-bond acceptors (Lipinski definition) is 2. The van der Waals surface area contributed by atoms with Crippen molar-refractivity contribution < 1.29 is 9.53 Å². The molecule has 0 aliphatic heterocycles. The molecule has 0 radical (unpaired) electrons. The third-order valence-electron chi connectivity index (χ3n) is 3.53. The van der Waals surface area contributed by atoms with Gasteiger partial charge >= 0.3 is 0 Å². The van der Waals surface area contributed by atoms with Crippen LogP contribution < -0.4 is 4.74 Å². The van der Waals surface area contributed by atoms with Crippen LogP contribution in [0.2, 0.25) is 0 Å². The lowest BCUT2D eigenvalue weighted by atomic mass is 9.95. The van der Waals surface area contributed by atoms with Crippen molar-refractivity contribution in [3.8, 4) is 5.75 Å². The first-order valence-corrected chi connectivity index (χ1v) is 6.81. The van der Waals surface area contributed by atoms with Crippen LogP contribution in [0.3, 0.4) is 0 Å². The molecule has 0 N–H and O–H groups in total. The van der Waals surface area contributed by atoms with Crippen molar-refractivity contribution in [2.45, 2.75) is 32.1 Å². The number of hydrogen-bond donors (Lipinski definition) is 0. The quantitative estimate of drug-likeness (QED) is 0.829. The number of methoxy groups -OCH3 is 1. The van der Waals surface area contributed by atoms with E-state index in [4.69, 9.17) is 4.74 Å². The third kappa shape index (κ3) is 3.60. The molecule has 0 bridgehead atoms. The van der Waals surface area contributed by atoms with Crippen LogP contribution in [-0.2, 0) is 0 Å². The highest BCUT2D eigenvalue weighted by Crippen LogP contribution is 2.23. The molecular formula is C16H21NO2. The minimum Gasteiger partial charge on any atom is -0.497 e. The number of amides is 1. The normalized spacial score (nSPS) is 14.9. The maximum absolute atomic E-state index is 12.3. The molecule has 0 heterocycles. The number of ether oxygens (including phenoxy) is 1. The van der Waals surface area contributed by atoms with Crippen molar-refractivity contribution in [2.75, 3.05) is 14.2 Å². The van der Waals surface area contributed by atoms with Gasteiger partial charge < -0.3 is 9.64 Å². The maximum Gasteiger partial charge on any atom is 0.257 e. The Bertz CT molecular complexity index is 454. The summed E-state index contributed by atoms with van der Waals surface area (Å²) in [6, 6.07) is 7.23. The summed E-state index contributed by atoms with van der Waals surface area (Å²) in [5.74, 6) is 0.797. The second-order valence-corrected chi connectivity index (χ2v) is 4.99. The van der Waals surface area contributed by atoms with Crippen LogP contribution in [-0.4, -0.2) is 25.0 Å². The fraction of sp³-hybridized carbons (Fsp3) is 0.438. The Kier molecular flexibility index (Phi) is 4.61. The van der Waals surface area contributed by atoms with Crippen molar-refractivity contribution in [3.63, 3.8) is 0 Å². The minimum atomic E-state index is 0.0285. The Morgan fingerprint density at radius 2 is 1.79 bits per heavy atom. The number of rotatable bonds is 3. The summed E-state index contributed by atoms with van der Waals surface area (Å²) in [7, 11) is 3.45. The van der Waals surface area contributed by atoms with E-state index >= 15 is 0 Å². The smallest absolute Gasteiger partial charge is 0.257 e. The van der Waals surface area contributed by atoms with E-state index in [1.807, 2.05) is 25.4 Å². The number of carbonyl (C=O) groups excluding carboxylic acids is 1. The molecule has 102 valence electrons. The Morgan fingerprint density at radius 3 is 2.37 bits per heavy atom. The van der Waals surface area contributed by atoms with Crippen LogP contribution in [0, 0.1) is 0 Å². The fourth-order valence-corrected chi connectivity index (χ4v) is 2.40. The van der Waals surface area contributed by atoms with Gasteiger partial charge in [-0.1, -0.05) is 12.0 Å². The molecular weight excluding hydrogens is 238 g/mol. The van der Waals surface area contributed by atoms with Gasteiger partial charge in [0, 0.05) is 18.8 Å². The molecule has 2 rings (SSSR count). The number of benzene rings is 1. The fourth-order valence-electron chi connectivity index (χ4n) is 2.40. The zero-order valence-corrected chi connectivity index (χ0v) is 11.7. The molecule has 0 aromatic heterocycles. The highest BCUT2D eigenvalue weighted by molar-refractivity contribution is 5.94. The minimum absolute atomic E-state index is 0.0285. The number of allylic oxidation sites excluding steroid dienone is 1. The van der Waals surface area contributed by atoms with Gasteiger partial charge in [0.05, 0.1) is 7.11 Å². The molecule has 1 amide bonds. The van der Waals surface area contributed by atoms with E-state index in [9.17, 15) is 4.79 Å². The second-order valence-electron chi connectivity index (χ2n) is 4.99. The molecule has 0 unspecified atom stereocenters. The molecule has 1 aliphatic rings. The SMILES string of the molecule is COc1ccc(C(=O)N(C)C=C2CCCCC2)cc1.